The van der Waals surface area contributed by atoms with Crippen LogP contribution in [0.15, 0.2) is 30.3 Å². The lowest BCUT2D eigenvalue weighted by Crippen LogP contribution is -1.99. The average Bonchev–Trinajstić information content (AvgIpc) is 2.20. The van der Waals surface area contributed by atoms with Gasteiger partial charge in [-0.2, -0.15) is 0 Å². The minimum absolute atomic E-state index is 0.448. The Kier molecular flexibility index (Phi) is 3.06. The zero-order valence-electron chi connectivity index (χ0n) is 9.16. The Balaban J connectivity index is 2.30. The van der Waals surface area contributed by atoms with Gasteiger partial charge in [-0.3, -0.25) is 0 Å². The van der Waals surface area contributed by atoms with Gasteiger partial charge in [-0.05, 0) is 31.5 Å². The van der Waals surface area contributed by atoms with Crippen molar-refractivity contribution in [1.29, 1.82) is 0 Å². The van der Waals surface area contributed by atoms with E-state index in [1.54, 1.807) is 6.07 Å². The fourth-order valence-corrected chi connectivity index (χ4v) is 1.66. The van der Waals surface area contributed by atoms with E-state index in [0.29, 0.717) is 11.1 Å². The van der Waals surface area contributed by atoms with Crippen LogP contribution in [0.1, 0.15) is 11.3 Å². The highest BCUT2D eigenvalue weighted by Crippen LogP contribution is 2.18. The number of nitrogens with zero attached hydrogens (tertiary/aromatic N) is 2. The van der Waals surface area contributed by atoms with Crippen LogP contribution < -0.4 is 5.32 Å². The summed E-state index contributed by atoms with van der Waals surface area (Å²) >= 11 is 5.87. The van der Waals surface area contributed by atoms with Gasteiger partial charge < -0.3 is 5.32 Å². The molecule has 1 N–H and O–H groups in total. The van der Waals surface area contributed by atoms with E-state index in [1.807, 2.05) is 38.1 Å². The molecule has 3 nitrogen and oxygen atoms in total. The molecule has 1 aromatic carbocycles. The molecule has 82 valence electrons. The molecule has 2 aromatic rings. The van der Waals surface area contributed by atoms with E-state index in [0.717, 1.165) is 16.9 Å². The highest BCUT2D eigenvalue weighted by atomic mass is 35.5. The van der Waals surface area contributed by atoms with E-state index in [-0.39, 0.29) is 0 Å². The Morgan fingerprint density at radius 3 is 2.56 bits per heavy atom. The standard InChI is InChI=1S/C12H12ClN3/c1-8-5-3-4-6-10(8)15-12-14-9(2)7-11(13)16-12/h3-7H,1-2H3,(H,14,15,16). The summed E-state index contributed by atoms with van der Waals surface area (Å²) in [6.07, 6.45) is 0. The molecular weight excluding hydrogens is 222 g/mol. The van der Waals surface area contributed by atoms with Crippen molar-refractivity contribution in [3.05, 3.63) is 46.7 Å². The zero-order valence-corrected chi connectivity index (χ0v) is 9.92. The van der Waals surface area contributed by atoms with Gasteiger partial charge in [0.1, 0.15) is 5.15 Å². The number of halogens is 1. The van der Waals surface area contributed by atoms with Crippen molar-refractivity contribution in [3.63, 3.8) is 0 Å². The van der Waals surface area contributed by atoms with E-state index in [9.17, 15) is 0 Å². The number of anilines is 2. The number of benzene rings is 1. The average molecular weight is 234 g/mol. The Morgan fingerprint density at radius 1 is 1.12 bits per heavy atom. The number of aryl methyl sites for hydroxylation is 2. The van der Waals surface area contributed by atoms with Crippen LogP contribution in [0.3, 0.4) is 0 Å². The van der Waals surface area contributed by atoms with Crippen molar-refractivity contribution in [1.82, 2.24) is 9.97 Å². The molecule has 0 saturated carbocycles. The molecule has 0 amide bonds. The molecule has 0 spiro atoms. The van der Waals surface area contributed by atoms with Gasteiger partial charge >= 0.3 is 0 Å². The number of hydrogen-bond donors (Lipinski definition) is 1. The fraction of sp³-hybridized carbons (Fsp3) is 0.167. The molecule has 16 heavy (non-hydrogen) atoms. The first kappa shape index (κ1) is 10.9. The highest BCUT2D eigenvalue weighted by Gasteiger charge is 2.02. The van der Waals surface area contributed by atoms with Gasteiger partial charge in [0, 0.05) is 11.4 Å². The molecule has 0 aliphatic heterocycles. The van der Waals surface area contributed by atoms with Crippen molar-refractivity contribution < 1.29 is 0 Å². The Bertz CT molecular complexity index is 491. The van der Waals surface area contributed by atoms with Crippen LogP contribution >= 0.6 is 11.6 Å². The minimum atomic E-state index is 0.448. The summed E-state index contributed by atoms with van der Waals surface area (Å²) in [4.78, 5) is 8.38. The zero-order chi connectivity index (χ0) is 11.5. The van der Waals surface area contributed by atoms with Crippen LogP contribution in [0.2, 0.25) is 5.15 Å². The smallest absolute Gasteiger partial charge is 0.228 e. The lowest BCUT2D eigenvalue weighted by molar-refractivity contribution is 1.10. The molecule has 0 radical (unpaired) electrons. The summed E-state index contributed by atoms with van der Waals surface area (Å²) in [5, 5.41) is 3.59. The molecule has 1 aromatic heterocycles. The Labute approximate surface area is 99.5 Å². The number of nitrogens with one attached hydrogen (secondary N) is 1. The van der Waals surface area contributed by atoms with Crippen molar-refractivity contribution in [2.75, 3.05) is 5.32 Å². The van der Waals surface area contributed by atoms with Crippen LogP contribution in [0.4, 0.5) is 11.6 Å². The van der Waals surface area contributed by atoms with Crippen molar-refractivity contribution in [2.24, 2.45) is 0 Å². The number of rotatable bonds is 2. The molecule has 2 rings (SSSR count). The summed E-state index contributed by atoms with van der Waals surface area (Å²) in [5.74, 6) is 0.527. The van der Waals surface area contributed by atoms with Crippen LogP contribution in [0.25, 0.3) is 0 Å². The van der Waals surface area contributed by atoms with Gasteiger partial charge in [-0.15, -0.1) is 0 Å². The summed E-state index contributed by atoms with van der Waals surface area (Å²) in [7, 11) is 0. The maximum absolute atomic E-state index is 5.87. The molecule has 0 aliphatic carbocycles. The van der Waals surface area contributed by atoms with Crippen molar-refractivity contribution in [3.8, 4) is 0 Å². The Hall–Kier alpha value is -1.61. The number of hydrogen-bond acceptors (Lipinski definition) is 3. The fourth-order valence-electron chi connectivity index (χ4n) is 1.42. The summed E-state index contributed by atoms with van der Waals surface area (Å²) in [5.41, 5.74) is 2.98. The van der Waals surface area contributed by atoms with Crippen molar-refractivity contribution >= 4 is 23.2 Å². The largest absolute Gasteiger partial charge is 0.324 e. The second kappa shape index (κ2) is 4.49. The predicted molar refractivity (Wildman–Crippen MR) is 66.2 cm³/mol. The number of para-hydroxylation sites is 1. The van der Waals surface area contributed by atoms with Crippen LogP contribution in [-0.2, 0) is 0 Å². The maximum atomic E-state index is 5.87. The topological polar surface area (TPSA) is 37.8 Å². The summed E-state index contributed by atoms with van der Waals surface area (Å²) in [6.45, 7) is 3.91. The van der Waals surface area contributed by atoms with Crippen molar-refractivity contribution in [2.45, 2.75) is 13.8 Å². The molecule has 0 bridgehead atoms. The molecule has 4 heteroatoms. The first-order valence-electron chi connectivity index (χ1n) is 4.99. The SMILES string of the molecule is Cc1cc(Cl)nc(Nc2ccccc2C)n1. The van der Waals surface area contributed by atoms with E-state index in [2.05, 4.69) is 15.3 Å². The van der Waals surface area contributed by atoms with Gasteiger partial charge in [-0.25, -0.2) is 9.97 Å². The lowest BCUT2D eigenvalue weighted by atomic mass is 10.2. The molecule has 0 atom stereocenters. The first-order valence-corrected chi connectivity index (χ1v) is 5.37. The summed E-state index contributed by atoms with van der Waals surface area (Å²) in [6, 6.07) is 9.69. The quantitative estimate of drug-likeness (QED) is 0.807. The maximum Gasteiger partial charge on any atom is 0.228 e. The molecule has 0 unspecified atom stereocenters. The molecule has 0 aliphatic rings. The van der Waals surface area contributed by atoms with Crippen LogP contribution in [0, 0.1) is 13.8 Å². The second-order valence-electron chi connectivity index (χ2n) is 3.60. The highest BCUT2D eigenvalue weighted by molar-refractivity contribution is 6.29. The van der Waals surface area contributed by atoms with Crippen LogP contribution in [0.5, 0.6) is 0 Å². The first-order chi connectivity index (χ1) is 7.65. The van der Waals surface area contributed by atoms with E-state index in [1.165, 1.54) is 0 Å². The normalized spacial score (nSPS) is 10.2. The molecular formula is C12H12ClN3. The van der Waals surface area contributed by atoms with E-state index in [4.69, 9.17) is 11.6 Å². The van der Waals surface area contributed by atoms with Gasteiger partial charge in [-0.1, -0.05) is 29.8 Å². The monoisotopic (exact) mass is 233 g/mol. The summed E-state index contributed by atoms with van der Waals surface area (Å²) < 4.78 is 0. The molecule has 0 fully saturated rings. The van der Waals surface area contributed by atoms with E-state index < -0.39 is 0 Å². The lowest BCUT2D eigenvalue weighted by Gasteiger charge is -2.08. The predicted octanol–water partition coefficient (Wildman–Crippen LogP) is 3.49. The van der Waals surface area contributed by atoms with Gasteiger partial charge in [0.15, 0.2) is 0 Å². The van der Waals surface area contributed by atoms with Gasteiger partial charge in [0.05, 0.1) is 0 Å². The third kappa shape index (κ3) is 2.49. The van der Waals surface area contributed by atoms with Gasteiger partial charge in [0.25, 0.3) is 0 Å². The van der Waals surface area contributed by atoms with Gasteiger partial charge in [0.2, 0.25) is 5.95 Å². The molecule has 1 heterocycles. The minimum Gasteiger partial charge on any atom is -0.324 e. The van der Waals surface area contributed by atoms with E-state index >= 15 is 0 Å². The number of aromatic nitrogens is 2. The molecule has 0 saturated heterocycles. The second-order valence-corrected chi connectivity index (χ2v) is 3.98. The Morgan fingerprint density at radius 2 is 1.88 bits per heavy atom. The van der Waals surface area contributed by atoms with Crippen LogP contribution in [-0.4, -0.2) is 9.97 Å². The third-order valence-electron chi connectivity index (χ3n) is 2.21. The third-order valence-corrected chi connectivity index (χ3v) is 2.41.